The Bertz CT molecular complexity index is 895. The fourth-order valence-electron chi connectivity index (χ4n) is 2.88. The van der Waals surface area contributed by atoms with Crippen LogP contribution in [0.25, 0.3) is 11.0 Å². The molecule has 1 atom stereocenters. The van der Waals surface area contributed by atoms with Gasteiger partial charge in [0.25, 0.3) is 5.91 Å². The molecule has 1 amide bonds. The Morgan fingerprint density at radius 3 is 2.71 bits per heavy atom. The topological polar surface area (TPSA) is 51.5 Å². The average Bonchev–Trinajstić information content (AvgIpc) is 3.01. The second kappa shape index (κ2) is 6.40. The van der Waals surface area contributed by atoms with Crippen molar-refractivity contribution in [3.8, 4) is 5.75 Å². The van der Waals surface area contributed by atoms with Gasteiger partial charge in [-0.15, -0.1) is 0 Å². The molecule has 0 saturated carbocycles. The van der Waals surface area contributed by atoms with Gasteiger partial charge in [0.2, 0.25) is 0 Å². The van der Waals surface area contributed by atoms with Crippen LogP contribution < -0.4 is 10.1 Å². The zero-order valence-corrected chi connectivity index (χ0v) is 14.3. The van der Waals surface area contributed by atoms with E-state index in [9.17, 15) is 4.79 Å². The molecule has 0 aliphatic heterocycles. The maximum atomic E-state index is 12.5. The number of nitrogens with one attached hydrogen (secondary N) is 1. The Labute approximate surface area is 141 Å². The van der Waals surface area contributed by atoms with E-state index in [1.807, 2.05) is 39.0 Å². The number of rotatable bonds is 4. The first kappa shape index (κ1) is 16.1. The van der Waals surface area contributed by atoms with Gasteiger partial charge in [0, 0.05) is 5.39 Å². The van der Waals surface area contributed by atoms with Crippen LogP contribution in [0.15, 0.2) is 46.9 Å². The van der Waals surface area contributed by atoms with E-state index in [-0.39, 0.29) is 17.7 Å². The van der Waals surface area contributed by atoms with E-state index in [1.165, 1.54) is 5.56 Å². The highest BCUT2D eigenvalue weighted by atomic mass is 16.5. The van der Waals surface area contributed by atoms with Crippen molar-refractivity contribution < 1.29 is 13.9 Å². The summed E-state index contributed by atoms with van der Waals surface area (Å²) in [4.78, 5) is 12.5. The van der Waals surface area contributed by atoms with E-state index < -0.39 is 0 Å². The Morgan fingerprint density at radius 1 is 1.17 bits per heavy atom. The van der Waals surface area contributed by atoms with Crippen molar-refractivity contribution in [3.63, 3.8) is 0 Å². The van der Waals surface area contributed by atoms with Gasteiger partial charge in [0.05, 0.1) is 13.2 Å². The highest BCUT2D eigenvalue weighted by molar-refractivity contribution is 5.97. The molecule has 0 spiro atoms. The normalized spacial score (nSPS) is 12.2. The fourth-order valence-corrected chi connectivity index (χ4v) is 2.88. The summed E-state index contributed by atoms with van der Waals surface area (Å²) in [5.41, 5.74) is 4.02. The Morgan fingerprint density at radius 2 is 1.96 bits per heavy atom. The number of hydrogen-bond acceptors (Lipinski definition) is 3. The van der Waals surface area contributed by atoms with E-state index in [0.29, 0.717) is 11.3 Å². The maximum absolute atomic E-state index is 12.5. The number of aryl methyl sites for hydroxylation is 2. The lowest BCUT2D eigenvalue weighted by Crippen LogP contribution is -2.26. The summed E-state index contributed by atoms with van der Waals surface area (Å²) in [5, 5.41) is 3.85. The van der Waals surface area contributed by atoms with Crippen LogP contribution in [0, 0.1) is 13.8 Å². The molecule has 1 aromatic heterocycles. The van der Waals surface area contributed by atoms with Crippen LogP contribution in [0.3, 0.4) is 0 Å². The molecule has 4 heteroatoms. The highest BCUT2D eigenvalue weighted by Crippen LogP contribution is 2.29. The molecule has 3 aromatic rings. The largest absolute Gasteiger partial charge is 0.493 e. The molecular formula is C20H21NO3. The number of carbonyl (C=O) groups is 1. The molecule has 124 valence electrons. The third kappa shape index (κ3) is 3.00. The first-order valence-electron chi connectivity index (χ1n) is 7.94. The van der Waals surface area contributed by atoms with E-state index in [4.69, 9.17) is 9.15 Å². The van der Waals surface area contributed by atoms with Crippen molar-refractivity contribution in [1.82, 2.24) is 5.32 Å². The molecule has 0 fully saturated rings. The van der Waals surface area contributed by atoms with Gasteiger partial charge in [-0.25, -0.2) is 0 Å². The fraction of sp³-hybridized carbons (Fsp3) is 0.250. The quantitative estimate of drug-likeness (QED) is 0.766. The van der Waals surface area contributed by atoms with Crippen LogP contribution in [-0.2, 0) is 0 Å². The Hall–Kier alpha value is -2.75. The lowest BCUT2D eigenvalue weighted by atomic mass is 10.00. The first-order chi connectivity index (χ1) is 11.5. The number of hydrogen-bond donors (Lipinski definition) is 1. The van der Waals surface area contributed by atoms with E-state index in [1.54, 1.807) is 13.2 Å². The standard InChI is InChI=1S/C20H21NO3/c1-12-8-9-13(2)16(10-12)14(3)21-20(22)18-11-15-6-5-7-17(23-4)19(15)24-18/h5-11,14H,1-4H3,(H,21,22)/t14-/m0/s1. The molecule has 0 aliphatic carbocycles. The SMILES string of the molecule is COc1cccc2cc(C(=O)N[C@@H](C)c3cc(C)ccc3C)oc12. The molecule has 3 rings (SSSR count). The molecule has 1 N–H and O–H groups in total. The predicted octanol–water partition coefficient (Wildman–Crippen LogP) is 4.55. The third-order valence-electron chi connectivity index (χ3n) is 4.20. The van der Waals surface area contributed by atoms with Crippen LogP contribution in [0.4, 0.5) is 0 Å². The minimum absolute atomic E-state index is 0.104. The predicted molar refractivity (Wildman–Crippen MR) is 94.6 cm³/mol. The molecule has 1 heterocycles. The van der Waals surface area contributed by atoms with Gasteiger partial charge < -0.3 is 14.5 Å². The molecule has 0 bridgehead atoms. The number of fused-ring (bicyclic) bond motifs is 1. The van der Waals surface area contributed by atoms with E-state index >= 15 is 0 Å². The number of carbonyl (C=O) groups excluding carboxylic acids is 1. The van der Waals surface area contributed by atoms with Gasteiger partial charge in [-0.3, -0.25) is 4.79 Å². The van der Waals surface area contributed by atoms with Crippen molar-refractivity contribution in [2.75, 3.05) is 7.11 Å². The van der Waals surface area contributed by atoms with Crippen molar-refractivity contribution in [2.24, 2.45) is 0 Å². The Kier molecular flexibility index (Phi) is 4.30. The van der Waals surface area contributed by atoms with Gasteiger partial charge in [-0.1, -0.05) is 35.9 Å². The first-order valence-corrected chi connectivity index (χ1v) is 7.94. The van der Waals surface area contributed by atoms with Gasteiger partial charge in [-0.05, 0) is 44.0 Å². The molecule has 0 aliphatic rings. The molecule has 0 saturated heterocycles. The van der Waals surface area contributed by atoms with Crippen molar-refractivity contribution in [2.45, 2.75) is 26.8 Å². The lowest BCUT2D eigenvalue weighted by molar-refractivity contribution is 0.0914. The van der Waals surface area contributed by atoms with Crippen molar-refractivity contribution in [3.05, 3.63) is 64.9 Å². The number of furan rings is 1. The van der Waals surface area contributed by atoms with Crippen LogP contribution in [0.2, 0.25) is 0 Å². The molecule has 0 unspecified atom stereocenters. The number of ether oxygens (including phenoxy) is 1. The molecular weight excluding hydrogens is 302 g/mol. The summed E-state index contributed by atoms with van der Waals surface area (Å²) in [5.74, 6) is 0.669. The maximum Gasteiger partial charge on any atom is 0.287 e. The summed E-state index contributed by atoms with van der Waals surface area (Å²) in [6.07, 6.45) is 0. The van der Waals surface area contributed by atoms with Crippen LogP contribution in [0.1, 0.15) is 40.2 Å². The van der Waals surface area contributed by atoms with Crippen molar-refractivity contribution >= 4 is 16.9 Å². The molecule has 24 heavy (non-hydrogen) atoms. The van der Waals surface area contributed by atoms with E-state index in [2.05, 4.69) is 23.5 Å². The number of para-hydroxylation sites is 1. The second-order valence-corrected chi connectivity index (χ2v) is 6.04. The molecule has 2 aromatic carbocycles. The zero-order valence-electron chi connectivity index (χ0n) is 14.3. The highest BCUT2D eigenvalue weighted by Gasteiger charge is 2.18. The van der Waals surface area contributed by atoms with Gasteiger partial charge in [0.15, 0.2) is 17.1 Å². The van der Waals surface area contributed by atoms with Crippen LogP contribution in [-0.4, -0.2) is 13.0 Å². The average molecular weight is 323 g/mol. The molecule has 0 radical (unpaired) electrons. The number of benzene rings is 2. The minimum Gasteiger partial charge on any atom is -0.493 e. The summed E-state index contributed by atoms with van der Waals surface area (Å²) in [7, 11) is 1.58. The van der Waals surface area contributed by atoms with Crippen LogP contribution >= 0.6 is 0 Å². The van der Waals surface area contributed by atoms with Gasteiger partial charge in [-0.2, -0.15) is 0 Å². The van der Waals surface area contributed by atoms with Crippen molar-refractivity contribution in [1.29, 1.82) is 0 Å². The van der Waals surface area contributed by atoms with Gasteiger partial charge in [0.1, 0.15) is 0 Å². The summed E-state index contributed by atoms with van der Waals surface area (Å²) in [6.45, 7) is 6.06. The number of methoxy groups -OCH3 is 1. The van der Waals surface area contributed by atoms with Crippen LogP contribution in [0.5, 0.6) is 5.75 Å². The zero-order chi connectivity index (χ0) is 17.3. The summed E-state index contributed by atoms with van der Waals surface area (Å²) < 4.78 is 11.0. The van der Waals surface area contributed by atoms with Gasteiger partial charge >= 0.3 is 0 Å². The van der Waals surface area contributed by atoms with E-state index in [0.717, 1.165) is 16.5 Å². The number of amides is 1. The third-order valence-corrected chi connectivity index (χ3v) is 4.20. The second-order valence-electron chi connectivity index (χ2n) is 6.04. The lowest BCUT2D eigenvalue weighted by Gasteiger charge is -2.16. The molecule has 4 nitrogen and oxygen atoms in total. The summed E-state index contributed by atoms with van der Waals surface area (Å²) in [6, 6.07) is 13.5. The smallest absolute Gasteiger partial charge is 0.287 e. The Balaban J connectivity index is 1.85. The minimum atomic E-state index is -0.235. The monoisotopic (exact) mass is 323 g/mol. The summed E-state index contributed by atoms with van der Waals surface area (Å²) >= 11 is 0.